The summed E-state index contributed by atoms with van der Waals surface area (Å²) in [6.07, 6.45) is 3.41. The van der Waals surface area contributed by atoms with E-state index in [-0.39, 0.29) is 36.4 Å². The van der Waals surface area contributed by atoms with Crippen molar-refractivity contribution >= 4 is 35.8 Å². The van der Waals surface area contributed by atoms with Crippen LogP contribution in [-0.4, -0.2) is 68.6 Å². The van der Waals surface area contributed by atoms with Gasteiger partial charge >= 0.3 is 0 Å². The van der Waals surface area contributed by atoms with E-state index < -0.39 is 0 Å². The van der Waals surface area contributed by atoms with Crippen LogP contribution in [0.1, 0.15) is 31.7 Å². The Hall–Kier alpha value is -1.35. The van der Waals surface area contributed by atoms with E-state index in [1.54, 1.807) is 7.05 Å². The molecule has 1 saturated heterocycles. The van der Waals surface area contributed by atoms with Gasteiger partial charge in [0.1, 0.15) is 0 Å². The molecule has 0 unspecified atom stereocenters. The number of ether oxygens (including phenoxy) is 1. The number of halogens is 1. The standard InChI is InChI=1S/C21H34N4O2.HI/c1-4-25(17-19-8-6-5-7-9-19)20(26)16-23-21(22-2)24(3)13-10-18-11-14-27-15-12-18;/h5-9,18H,4,10-17H2,1-3H3,(H,22,23);1H. The predicted molar refractivity (Wildman–Crippen MR) is 125 cm³/mol. The van der Waals surface area contributed by atoms with Crippen LogP contribution in [-0.2, 0) is 16.1 Å². The molecule has 1 aliphatic heterocycles. The molecule has 1 amide bonds. The van der Waals surface area contributed by atoms with Crippen molar-refractivity contribution in [1.29, 1.82) is 0 Å². The molecule has 1 aliphatic rings. The summed E-state index contributed by atoms with van der Waals surface area (Å²) in [4.78, 5) is 20.9. The molecule has 0 bridgehead atoms. The van der Waals surface area contributed by atoms with Crippen LogP contribution in [0.3, 0.4) is 0 Å². The molecule has 1 fully saturated rings. The molecule has 7 heteroatoms. The second-order valence-electron chi connectivity index (χ2n) is 7.06. The largest absolute Gasteiger partial charge is 0.381 e. The van der Waals surface area contributed by atoms with E-state index in [1.807, 2.05) is 49.2 Å². The van der Waals surface area contributed by atoms with Crippen molar-refractivity contribution in [2.75, 3.05) is 46.9 Å². The van der Waals surface area contributed by atoms with E-state index in [4.69, 9.17) is 4.74 Å². The molecule has 6 nitrogen and oxygen atoms in total. The van der Waals surface area contributed by atoms with Crippen LogP contribution in [0.5, 0.6) is 0 Å². The summed E-state index contributed by atoms with van der Waals surface area (Å²) >= 11 is 0. The maximum absolute atomic E-state index is 12.6. The minimum Gasteiger partial charge on any atom is -0.381 e. The monoisotopic (exact) mass is 502 g/mol. The number of rotatable bonds is 8. The molecular formula is C21H35IN4O2. The first-order valence-corrected chi connectivity index (χ1v) is 9.95. The van der Waals surface area contributed by atoms with Gasteiger partial charge in [-0.05, 0) is 37.7 Å². The van der Waals surface area contributed by atoms with Gasteiger partial charge in [0.05, 0.1) is 6.54 Å². The first-order valence-electron chi connectivity index (χ1n) is 9.95. The molecule has 1 heterocycles. The topological polar surface area (TPSA) is 57.2 Å². The lowest BCUT2D eigenvalue weighted by molar-refractivity contribution is -0.130. The van der Waals surface area contributed by atoms with Gasteiger partial charge in [0.15, 0.2) is 5.96 Å². The highest BCUT2D eigenvalue weighted by Crippen LogP contribution is 2.18. The second-order valence-corrected chi connectivity index (χ2v) is 7.06. The lowest BCUT2D eigenvalue weighted by Gasteiger charge is -2.27. The van der Waals surface area contributed by atoms with Gasteiger partial charge < -0.3 is 19.9 Å². The van der Waals surface area contributed by atoms with Gasteiger partial charge in [0.25, 0.3) is 0 Å². The third kappa shape index (κ3) is 8.34. The van der Waals surface area contributed by atoms with E-state index in [1.165, 1.54) is 0 Å². The van der Waals surface area contributed by atoms with Crippen LogP contribution in [0.2, 0.25) is 0 Å². The molecule has 1 aromatic rings. The number of nitrogens with one attached hydrogen (secondary N) is 1. The van der Waals surface area contributed by atoms with Gasteiger partial charge in [-0.25, -0.2) is 0 Å². The second kappa shape index (κ2) is 13.8. The van der Waals surface area contributed by atoms with Gasteiger partial charge in [0.2, 0.25) is 5.91 Å². The van der Waals surface area contributed by atoms with Crippen molar-refractivity contribution in [2.24, 2.45) is 10.9 Å². The molecule has 0 atom stereocenters. The van der Waals surface area contributed by atoms with E-state index in [9.17, 15) is 4.79 Å². The maximum Gasteiger partial charge on any atom is 0.242 e. The van der Waals surface area contributed by atoms with Crippen LogP contribution in [0.25, 0.3) is 0 Å². The Morgan fingerprint density at radius 1 is 1.25 bits per heavy atom. The summed E-state index contributed by atoms with van der Waals surface area (Å²) in [5, 5.41) is 3.22. The molecular weight excluding hydrogens is 467 g/mol. The lowest BCUT2D eigenvalue weighted by Crippen LogP contribution is -2.45. The summed E-state index contributed by atoms with van der Waals surface area (Å²) in [5.74, 6) is 1.58. The molecule has 158 valence electrons. The fourth-order valence-corrected chi connectivity index (χ4v) is 3.35. The summed E-state index contributed by atoms with van der Waals surface area (Å²) in [6.45, 7) is 6.28. The lowest BCUT2D eigenvalue weighted by atomic mass is 9.96. The van der Waals surface area contributed by atoms with Crippen molar-refractivity contribution in [2.45, 2.75) is 32.7 Å². The van der Waals surface area contributed by atoms with E-state index >= 15 is 0 Å². The highest BCUT2D eigenvalue weighted by atomic mass is 127. The van der Waals surface area contributed by atoms with Gasteiger partial charge in [-0.15, -0.1) is 24.0 Å². The van der Waals surface area contributed by atoms with Crippen LogP contribution in [0, 0.1) is 5.92 Å². The normalized spacial score (nSPS) is 14.9. The van der Waals surface area contributed by atoms with Gasteiger partial charge in [-0.1, -0.05) is 30.3 Å². The number of hydrogen-bond donors (Lipinski definition) is 1. The van der Waals surface area contributed by atoms with Crippen molar-refractivity contribution < 1.29 is 9.53 Å². The Morgan fingerprint density at radius 3 is 2.54 bits per heavy atom. The quantitative estimate of drug-likeness (QED) is 0.338. The minimum atomic E-state index is 0. The van der Waals surface area contributed by atoms with Gasteiger partial charge in [0, 0.05) is 46.9 Å². The first-order chi connectivity index (χ1) is 13.1. The Balaban J connectivity index is 0.00000392. The number of aliphatic imine (C=N–C) groups is 1. The summed E-state index contributed by atoms with van der Waals surface area (Å²) in [7, 11) is 3.79. The Labute approximate surface area is 186 Å². The van der Waals surface area contributed by atoms with Crippen LogP contribution >= 0.6 is 24.0 Å². The van der Waals surface area contributed by atoms with E-state index in [0.29, 0.717) is 13.1 Å². The Bertz CT molecular complexity index is 591. The average molecular weight is 502 g/mol. The number of benzene rings is 1. The van der Waals surface area contributed by atoms with Crippen molar-refractivity contribution in [1.82, 2.24) is 15.1 Å². The van der Waals surface area contributed by atoms with Crippen molar-refractivity contribution in [3.05, 3.63) is 35.9 Å². The van der Waals surface area contributed by atoms with E-state index in [0.717, 1.165) is 56.5 Å². The van der Waals surface area contributed by atoms with Crippen LogP contribution in [0.15, 0.2) is 35.3 Å². The van der Waals surface area contributed by atoms with Crippen molar-refractivity contribution in [3.8, 4) is 0 Å². The number of carbonyl (C=O) groups excluding carboxylic acids is 1. The number of amides is 1. The molecule has 0 spiro atoms. The number of carbonyl (C=O) groups is 1. The highest BCUT2D eigenvalue weighted by Gasteiger charge is 2.17. The van der Waals surface area contributed by atoms with Crippen molar-refractivity contribution in [3.63, 3.8) is 0 Å². The van der Waals surface area contributed by atoms with Crippen LogP contribution < -0.4 is 5.32 Å². The first kappa shape index (κ1) is 24.7. The molecule has 0 aromatic heterocycles. The SMILES string of the molecule is CCN(Cc1ccccc1)C(=O)CNC(=NC)N(C)CCC1CCOCC1.I. The zero-order chi connectivity index (χ0) is 19.5. The zero-order valence-electron chi connectivity index (χ0n) is 17.4. The summed E-state index contributed by atoms with van der Waals surface area (Å²) < 4.78 is 5.42. The van der Waals surface area contributed by atoms with Gasteiger partial charge in [-0.3, -0.25) is 9.79 Å². The summed E-state index contributed by atoms with van der Waals surface area (Å²) in [6, 6.07) is 10.1. The molecule has 1 N–H and O–H groups in total. The third-order valence-electron chi connectivity index (χ3n) is 5.14. The number of nitrogens with zero attached hydrogens (tertiary/aromatic N) is 3. The predicted octanol–water partition coefficient (Wildman–Crippen LogP) is 2.98. The fraction of sp³-hybridized carbons (Fsp3) is 0.619. The molecule has 28 heavy (non-hydrogen) atoms. The van der Waals surface area contributed by atoms with E-state index in [2.05, 4.69) is 15.2 Å². The molecule has 2 rings (SSSR count). The van der Waals surface area contributed by atoms with Gasteiger partial charge in [-0.2, -0.15) is 0 Å². The number of likely N-dealkylation sites (N-methyl/N-ethyl adjacent to an activating group) is 1. The molecule has 1 aromatic carbocycles. The average Bonchev–Trinajstić information content (AvgIpc) is 2.72. The zero-order valence-corrected chi connectivity index (χ0v) is 19.7. The molecule has 0 saturated carbocycles. The van der Waals surface area contributed by atoms with Crippen LogP contribution in [0.4, 0.5) is 0 Å². The minimum absolute atomic E-state index is 0. The maximum atomic E-state index is 12.6. The fourth-order valence-electron chi connectivity index (χ4n) is 3.35. The number of guanidine groups is 1. The highest BCUT2D eigenvalue weighted by molar-refractivity contribution is 14.0. The molecule has 0 radical (unpaired) electrons. The number of hydrogen-bond acceptors (Lipinski definition) is 3. The Morgan fingerprint density at radius 2 is 1.93 bits per heavy atom. The molecule has 0 aliphatic carbocycles. The Kier molecular flexibility index (Phi) is 12.1. The third-order valence-corrected chi connectivity index (χ3v) is 5.14. The smallest absolute Gasteiger partial charge is 0.242 e. The summed E-state index contributed by atoms with van der Waals surface area (Å²) in [5.41, 5.74) is 1.14.